The van der Waals surface area contributed by atoms with Crippen molar-refractivity contribution >= 4 is 0 Å². The van der Waals surface area contributed by atoms with E-state index in [1.54, 1.807) is 0 Å². The van der Waals surface area contributed by atoms with Crippen LogP contribution in [0.3, 0.4) is 0 Å². The molecule has 0 atom stereocenters. The van der Waals surface area contributed by atoms with E-state index < -0.39 is 6.29 Å². The van der Waals surface area contributed by atoms with Crippen LogP contribution in [0.4, 0.5) is 0 Å². The number of ether oxygens (including phenoxy) is 1. The van der Waals surface area contributed by atoms with E-state index in [9.17, 15) is 0 Å². The van der Waals surface area contributed by atoms with Gasteiger partial charge >= 0.3 is 0 Å². The summed E-state index contributed by atoms with van der Waals surface area (Å²) in [4.78, 5) is 0. The van der Waals surface area contributed by atoms with Gasteiger partial charge in [0.1, 0.15) is 0 Å². The van der Waals surface area contributed by atoms with Crippen LogP contribution in [-0.2, 0) is 4.74 Å². The Morgan fingerprint density at radius 3 is 2.62 bits per heavy atom. The fraction of sp³-hybridized carbons (Fsp3) is 0.600. The first-order chi connectivity index (χ1) is 3.77. The molecule has 3 nitrogen and oxygen atoms in total. The first-order valence-electron chi connectivity index (χ1n) is 2.36. The Morgan fingerprint density at radius 2 is 2.25 bits per heavy atom. The minimum absolute atomic E-state index is 0.228. The van der Waals surface area contributed by atoms with E-state index >= 15 is 0 Å². The SMILES string of the molecule is C=COCCC(O)O. The maximum absolute atomic E-state index is 8.22. The largest absolute Gasteiger partial charge is 0.502 e. The van der Waals surface area contributed by atoms with E-state index in [2.05, 4.69) is 11.3 Å². The fourth-order valence-corrected chi connectivity index (χ4v) is 0.257. The van der Waals surface area contributed by atoms with Crippen molar-refractivity contribution in [3.8, 4) is 0 Å². The molecular formula is C5H10O3. The lowest BCUT2D eigenvalue weighted by molar-refractivity contribution is -0.0548. The van der Waals surface area contributed by atoms with E-state index in [0.29, 0.717) is 6.61 Å². The van der Waals surface area contributed by atoms with Crippen LogP contribution in [0.15, 0.2) is 12.8 Å². The summed E-state index contributed by atoms with van der Waals surface area (Å²) in [5.74, 6) is 0. The lowest BCUT2D eigenvalue weighted by Crippen LogP contribution is -2.06. The quantitative estimate of drug-likeness (QED) is 0.306. The molecule has 0 rings (SSSR count). The molecule has 3 heteroatoms. The van der Waals surface area contributed by atoms with Crippen molar-refractivity contribution in [3.63, 3.8) is 0 Å². The molecule has 0 aliphatic carbocycles. The molecular weight excluding hydrogens is 108 g/mol. The Labute approximate surface area is 48.2 Å². The second-order valence-corrected chi connectivity index (χ2v) is 1.31. The average molecular weight is 118 g/mol. The average Bonchev–Trinajstić information content (AvgIpc) is 1.66. The van der Waals surface area contributed by atoms with Crippen molar-refractivity contribution in [2.75, 3.05) is 6.61 Å². The molecule has 0 aromatic heterocycles. The standard InChI is InChI=1S/C5H10O3/c1-2-8-4-3-5(6)7/h2,5-7H,1,3-4H2. The molecule has 0 amide bonds. The number of rotatable bonds is 4. The summed E-state index contributed by atoms with van der Waals surface area (Å²) in [6, 6.07) is 0. The zero-order chi connectivity index (χ0) is 6.41. The van der Waals surface area contributed by atoms with Gasteiger partial charge in [-0.1, -0.05) is 6.58 Å². The molecule has 0 unspecified atom stereocenters. The van der Waals surface area contributed by atoms with Crippen molar-refractivity contribution in [1.29, 1.82) is 0 Å². The lowest BCUT2D eigenvalue weighted by Gasteiger charge is -2.00. The molecule has 0 heterocycles. The molecule has 0 aromatic rings. The van der Waals surface area contributed by atoms with E-state index in [0.717, 1.165) is 0 Å². The van der Waals surface area contributed by atoms with Gasteiger partial charge in [-0.15, -0.1) is 0 Å². The summed E-state index contributed by atoms with van der Waals surface area (Å²) in [5, 5.41) is 16.4. The number of aliphatic hydroxyl groups excluding tert-OH is 1. The second-order valence-electron chi connectivity index (χ2n) is 1.31. The maximum Gasteiger partial charge on any atom is 0.154 e. The third-order valence-electron chi connectivity index (χ3n) is 0.612. The summed E-state index contributed by atoms with van der Waals surface area (Å²) in [6.45, 7) is 3.58. The molecule has 48 valence electrons. The van der Waals surface area contributed by atoms with Gasteiger partial charge < -0.3 is 14.9 Å². The van der Waals surface area contributed by atoms with Crippen LogP contribution in [0.5, 0.6) is 0 Å². The number of aliphatic hydroxyl groups is 2. The van der Waals surface area contributed by atoms with Crippen LogP contribution < -0.4 is 0 Å². The number of hydrogen-bond acceptors (Lipinski definition) is 3. The third-order valence-corrected chi connectivity index (χ3v) is 0.612. The van der Waals surface area contributed by atoms with Crippen LogP contribution in [0, 0.1) is 0 Å². The third kappa shape index (κ3) is 5.46. The second kappa shape index (κ2) is 4.61. The normalized spacial score (nSPS) is 9.38. The van der Waals surface area contributed by atoms with E-state index in [1.165, 1.54) is 6.26 Å². The van der Waals surface area contributed by atoms with E-state index in [4.69, 9.17) is 10.2 Å². The Balaban J connectivity index is 2.81. The zero-order valence-electron chi connectivity index (χ0n) is 4.58. The van der Waals surface area contributed by atoms with Gasteiger partial charge in [0, 0.05) is 6.42 Å². The molecule has 0 bridgehead atoms. The predicted molar refractivity (Wildman–Crippen MR) is 29.0 cm³/mol. The molecule has 0 saturated heterocycles. The van der Waals surface area contributed by atoms with Gasteiger partial charge in [-0.3, -0.25) is 0 Å². The van der Waals surface area contributed by atoms with Gasteiger partial charge in [0.2, 0.25) is 0 Å². The predicted octanol–water partition coefficient (Wildman–Crippen LogP) is -0.153. The summed E-state index contributed by atoms with van der Waals surface area (Å²) in [7, 11) is 0. The Morgan fingerprint density at radius 1 is 1.62 bits per heavy atom. The zero-order valence-corrected chi connectivity index (χ0v) is 4.58. The molecule has 0 spiro atoms. The lowest BCUT2D eigenvalue weighted by atomic mass is 10.4. The van der Waals surface area contributed by atoms with Gasteiger partial charge in [0.05, 0.1) is 12.9 Å². The summed E-state index contributed by atoms with van der Waals surface area (Å²) >= 11 is 0. The van der Waals surface area contributed by atoms with Crippen LogP contribution in [0.1, 0.15) is 6.42 Å². The van der Waals surface area contributed by atoms with Crippen molar-refractivity contribution < 1.29 is 14.9 Å². The molecule has 8 heavy (non-hydrogen) atoms. The Bertz CT molecular complexity index is 60.7. The maximum atomic E-state index is 8.22. The van der Waals surface area contributed by atoms with Crippen molar-refractivity contribution in [2.45, 2.75) is 12.7 Å². The molecule has 0 saturated carbocycles. The number of hydrogen-bond donors (Lipinski definition) is 2. The Hall–Kier alpha value is -0.540. The minimum Gasteiger partial charge on any atom is -0.502 e. The molecule has 2 N–H and O–H groups in total. The smallest absolute Gasteiger partial charge is 0.154 e. The van der Waals surface area contributed by atoms with Gasteiger partial charge in [0.25, 0.3) is 0 Å². The van der Waals surface area contributed by atoms with E-state index in [-0.39, 0.29) is 6.42 Å². The Kier molecular flexibility index (Phi) is 4.30. The van der Waals surface area contributed by atoms with Crippen LogP contribution in [0.2, 0.25) is 0 Å². The first kappa shape index (κ1) is 7.46. The van der Waals surface area contributed by atoms with E-state index in [1.807, 2.05) is 0 Å². The molecule has 0 aromatic carbocycles. The molecule has 0 radical (unpaired) electrons. The fourth-order valence-electron chi connectivity index (χ4n) is 0.257. The van der Waals surface area contributed by atoms with Crippen LogP contribution in [-0.4, -0.2) is 23.1 Å². The van der Waals surface area contributed by atoms with Crippen molar-refractivity contribution in [3.05, 3.63) is 12.8 Å². The van der Waals surface area contributed by atoms with Gasteiger partial charge in [-0.25, -0.2) is 0 Å². The molecule has 0 aliphatic rings. The van der Waals surface area contributed by atoms with Crippen LogP contribution in [0.25, 0.3) is 0 Å². The topological polar surface area (TPSA) is 49.7 Å². The van der Waals surface area contributed by atoms with Gasteiger partial charge in [-0.2, -0.15) is 0 Å². The summed E-state index contributed by atoms with van der Waals surface area (Å²) in [5.41, 5.74) is 0. The van der Waals surface area contributed by atoms with Crippen molar-refractivity contribution in [1.82, 2.24) is 0 Å². The van der Waals surface area contributed by atoms with Crippen LogP contribution >= 0.6 is 0 Å². The highest BCUT2D eigenvalue weighted by Crippen LogP contribution is 1.86. The van der Waals surface area contributed by atoms with Crippen molar-refractivity contribution in [2.24, 2.45) is 0 Å². The summed E-state index contributed by atoms with van der Waals surface area (Å²) in [6.07, 6.45) is 0.226. The first-order valence-corrected chi connectivity index (χ1v) is 2.36. The molecule has 0 aliphatic heterocycles. The highest BCUT2D eigenvalue weighted by atomic mass is 16.5. The summed E-state index contributed by atoms with van der Waals surface area (Å²) < 4.78 is 4.59. The molecule has 0 fully saturated rings. The highest BCUT2D eigenvalue weighted by Gasteiger charge is 1.93. The highest BCUT2D eigenvalue weighted by molar-refractivity contribution is 4.48. The van der Waals surface area contributed by atoms with Gasteiger partial charge in [-0.05, 0) is 0 Å². The van der Waals surface area contributed by atoms with Gasteiger partial charge in [0.15, 0.2) is 6.29 Å². The minimum atomic E-state index is -1.27. The monoisotopic (exact) mass is 118 g/mol.